The van der Waals surface area contributed by atoms with E-state index in [2.05, 4.69) is 5.23 Å². The minimum Gasteiger partial charge on any atom is -0.480 e. The fraction of sp³-hybridized carbons (Fsp3) is 0.600. The highest BCUT2D eigenvalue weighted by Crippen LogP contribution is 1.90. The number of aliphatic hydroxyl groups is 1. The van der Waals surface area contributed by atoms with Crippen molar-refractivity contribution in [2.75, 3.05) is 0 Å². The average molecular weight is 159 g/mol. The number of hydrogen-bond acceptors (Lipinski definition) is 4. The van der Waals surface area contributed by atoms with E-state index in [1.807, 2.05) is 0 Å². The van der Waals surface area contributed by atoms with Crippen LogP contribution in [0.15, 0.2) is 0 Å². The molecule has 0 fully saturated rings. The fourth-order valence-corrected chi connectivity index (χ4v) is 0.639. The van der Waals surface area contributed by atoms with E-state index >= 15 is 0 Å². The normalized spacial score (nSPS) is 15.1. The largest absolute Gasteiger partial charge is 0.480 e. The van der Waals surface area contributed by atoms with E-state index in [1.54, 1.807) is 0 Å². The molecular weight excluding hydrogens is 149 g/mol. The number of aliphatic carboxylic acids is 1. The summed E-state index contributed by atoms with van der Waals surface area (Å²) in [5.74, 6) is -1.16. The van der Waals surface area contributed by atoms with Gasteiger partial charge in [0.15, 0.2) is 0 Å². The summed E-state index contributed by atoms with van der Waals surface area (Å²) in [5, 5.41) is 19.6. The first-order valence-electron chi connectivity index (χ1n) is 3.17. The van der Waals surface area contributed by atoms with Crippen LogP contribution in [0.3, 0.4) is 0 Å². The van der Waals surface area contributed by atoms with Crippen molar-refractivity contribution in [1.29, 1.82) is 0 Å². The Morgan fingerprint density at radius 3 is 2.55 bits per heavy atom. The Hall–Kier alpha value is -0.875. The minimum atomic E-state index is -1.16. The highest BCUT2D eigenvalue weighted by Gasteiger charge is 2.21. The van der Waals surface area contributed by atoms with Crippen LogP contribution in [0.5, 0.6) is 0 Å². The molecule has 0 aromatic rings. The maximum absolute atomic E-state index is 10.3. The third kappa shape index (κ3) is 3.74. The lowest BCUT2D eigenvalue weighted by Gasteiger charge is -2.14. The molecule has 0 aromatic heterocycles. The van der Waals surface area contributed by atoms with E-state index in [4.69, 9.17) is 10.2 Å². The Balaban J connectivity index is 3.89. The first kappa shape index (κ1) is 10.1. The molecule has 0 radical (unpaired) electrons. The van der Waals surface area contributed by atoms with E-state index in [0.717, 1.165) is 0 Å². The standard InChI is InChI=1S/C5H10BNO4/c1-3(9)4(5(10)11)7-6-2-8/h2-4,6-7,9H,1H3,(H,10,11)/t3-,4+/m1/s1. The highest BCUT2D eigenvalue weighted by atomic mass is 16.4. The first-order valence-corrected chi connectivity index (χ1v) is 3.17. The van der Waals surface area contributed by atoms with Crippen molar-refractivity contribution in [3.05, 3.63) is 0 Å². The monoisotopic (exact) mass is 159 g/mol. The molecule has 3 N–H and O–H groups in total. The molecule has 0 saturated carbocycles. The van der Waals surface area contributed by atoms with Gasteiger partial charge in [-0.1, -0.05) is 0 Å². The van der Waals surface area contributed by atoms with Crippen molar-refractivity contribution >= 4 is 19.6 Å². The predicted molar refractivity (Wildman–Crippen MR) is 40.1 cm³/mol. The molecule has 6 heteroatoms. The Bertz CT molecular complexity index is 149. The molecule has 0 aromatic carbocycles. The lowest BCUT2D eigenvalue weighted by molar-refractivity contribution is -0.141. The second-order valence-corrected chi connectivity index (χ2v) is 2.13. The van der Waals surface area contributed by atoms with Crippen LogP contribution in [0.2, 0.25) is 0 Å². The molecular formula is C5H10BNO4. The summed E-state index contributed by atoms with van der Waals surface area (Å²) in [6.07, 6.45) is -0.467. The summed E-state index contributed by atoms with van der Waals surface area (Å²) in [5.41, 5.74) is 0. The van der Waals surface area contributed by atoms with Gasteiger partial charge in [0, 0.05) is 0 Å². The highest BCUT2D eigenvalue weighted by molar-refractivity contribution is 6.64. The molecule has 0 aliphatic carbocycles. The van der Waals surface area contributed by atoms with Crippen LogP contribution in [0.25, 0.3) is 0 Å². The molecule has 0 bridgehead atoms. The second-order valence-electron chi connectivity index (χ2n) is 2.13. The molecule has 5 nitrogen and oxygen atoms in total. The van der Waals surface area contributed by atoms with Crippen LogP contribution >= 0.6 is 0 Å². The number of rotatable bonds is 5. The summed E-state index contributed by atoms with van der Waals surface area (Å²) in [7, 11) is -0.0676. The zero-order chi connectivity index (χ0) is 8.85. The van der Waals surface area contributed by atoms with Crippen LogP contribution in [0.1, 0.15) is 6.92 Å². The van der Waals surface area contributed by atoms with Gasteiger partial charge in [-0.3, -0.25) is 4.79 Å². The lowest BCUT2D eigenvalue weighted by Crippen LogP contribution is -2.46. The van der Waals surface area contributed by atoms with Gasteiger partial charge in [-0.2, -0.15) is 0 Å². The van der Waals surface area contributed by atoms with Crippen LogP contribution < -0.4 is 5.23 Å². The maximum atomic E-state index is 10.3. The number of aliphatic hydroxyl groups excluding tert-OH is 1. The van der Waals surface area contributed by atoms with E-state index in [9.17, 15) is 9.59 Å². The number of carbonyl (C=O) groups excluding carboxylic acids is 1. The Morgan fingerprint density at radius 2 is 2.27 bits per heavy atom. The molecule has 0 saturated heterocycles. The summed E-state index contributed by atoms with van der Waals surface area (Å²) in [6, 6.07) is -1.07. The van der Waals surface area contributed by atoms with E-state index in [-0.39, 0.29) is 7.41 Å². The van der Waals surface area contributed by atoms with Gasteiger partial charge in [-0.15, -0.1) is 0 Å². The van der Waals surface area contributed by atoms with Gasteiger partial charge in [-0.25, -0.2) is 0 Å². The molecule has 0 amide bonds. The van der Waals surface area contributed by atoms with E-state index in [0.29, 0.717) is 6.19 Å². The Kier molecular flexibility index (Phi) is 4.48. The third-order valence-corrected chi connectivity index (χ3v) is 1.17. The molecule has 2 atom stereocenters. The van der Waals surface area contributed by atoms with Crippen molar-refractivity contribution in [1.82, 2.24) is 5.23 Å². The van der Waals surface area contributed by atoms with Crippen LogP contribution in [0, 0.1) is 0 Å². The maximum Gasteiger partial charge on any atom is 0.322 e. The smallest absolute Gasteiger partial charge is 0.322 e. The lowest BCUT2D eigenvalue weighted by atomic mass is 9.95. The molecule has 0 heterocycles. The summed E-state index contributed by atoms with van der Waals surface area (Å²) in [6.45, 7) is 1.34. The van der Waals surface area contributed by atoms with Crippen LogP contribution in [-0.4, -0.2) is 41.9 Å². The van der Waals surface area contributed by atoms with Crippen LogP contribution in [0.4, 0.5) is 0 Å². The van der Waals surface area contributed by atoms with Gasteiger partial charge in [0.25, 0.3) is 7.41 Å². The third-order valence-electron chi connectivity index (χ3n) is 1.17. The van der Waals surface area contributed by atoms with Gasteiger partial charge in [0.1, 0.15) is 6.04 Å². The van der Waals surface area contributed by atoms with Gasteiger partial charge >= 0.3 is 5.97 Å². The molecule has 0 aliphatic rings. The quantitative estimate of drug-likeness (QED) is 0.317. The Labute approximate surface area is 64.7 Å². The zero-order valence-electron chi connectivity index (χ0n) is 6.15. The topological polar surface area (TPSA) is 86.6 Å². The van der Waals surface area contributed by atoms with Crippen molar-refractivity contribution < 1.29 is 19.8 Å². The average Bonchev–Trinajstić information content (AvgIpc) is 1.87. The summed E-state index contributed by atoms with van der Waals surface area (Å²) in [4.78, 5) is 20.1. The second kappa shape index (κ2) is 4.87. The van der Waals surface area contributed by atoms with Crippen molar-refractivity contribution in [3.63, 3.8) is 0 Å². The number of nitrogens with one attached hydrogen (secondary N) is 1. The molecule has 62 valence electrons. The Morgan fingerprint density at radius 1 is 1.73 bits per heavy atom. The molecule has 0 aliphatic heterocycles. The first-order chi connectivity index (χ1) is 5.09. The van der Waals surface area contributed by atoms with Gasteiger partial charge in [-0.05, 0) is 6.92 Å². The predicted octanol–water partition coefficient (Wildman–Crippen LogP) is -2.05. The van der Waals surface area contributed by atoms with Gasteiger partial charge < -0.3 is 20.2 Å². The molecule has 0 unspecified atom stereocenters. The summed E-state index contributed by atoms with van der Waals surface area (Å²) < 4.78 is 0. The van der Waals surface area contributed by atoms with Crippen molar-refractivity contribution in [2.24, 2.45) is 0 Å². The van der Waals surface area contributed by atoms with Gasteiger partial charge in [0.05, 0.1) is 12.3 Å². The fourth-order valence-electron chi connectivity index (χ4n) is 0.639. The van der Waals surface area contributed by atoms with Crippen molar-refractivity contribution in [2.45, 2.75) is 19.1 Å². The number of carboxylic acid groups (broad SMARTS) is 1. The van der Waals surface area contributed by atoms with Crippen LogP contribution in [-0.2, 0) is 9.59 Å². The number of carbonyl (C=O) groups is 2. The molecule has 0 spiro atoms. The SMILES string of the molecule is C[C@@H](O)[C@H](NBC=O)C(=O)O. The van der Waals surface area contributed by atoms with Crippen molar-refractivity contribution in [3.8, 4) is 0 Å². The number of hydrogen-bond donors (Lipinski definition) is 3. The zero-order valence-corrected chi connectivity index (χ0v) is 6.15. The van der Waals surface area contributed by atoms with E-state index < -0.39 is 18.1 Å². The summed E-state index contributed by atoms with van der Waals surface area (Å²) >= 11 is 0. The molecule has 0 rings (SSSR count). The van der Waals surface area contributed by atoms with E-state index in [1.165, 1.54) is 6.92 Å². The minimum absolute atomic E-state index is 0.0676. The number of carboxylic acids is 1. The molecule has 11 heavy (non-hydrogen) atoms. The van der Waals surface area contributed by atoms with Gasteiger partial charge in [0.2, 0.25) is 0 Å².